The molecule has 4 nitrogen and oxygen atoms in total. The van der Waals surface area contributed by atoms with Crippen molar-refractivity contribution in [3.05, 3.63) is 117 Å². The number of nitrogens with zero attached hydrogens (tertiary/aromatic N) is 4. The van der Waals surface area contributed by atoms with Crippen molar-refractivity contribution in [1.82, 2.24) is 0 Å². The molecular formula is C48H84N4. The molecule has 0 heterocycles. The summed E-state index contributed by atoms with van der Waals surface area (Å²) in [6.45, 7) is 33.1. The Morgan fingerprint density at radius 1 is 0.288 bits per heavy atom. The van der Waals surface area contributed by atoms with Gasteiger partial charge in [0, 0.05) is 79.1 Å². The monoisotopic (exact) mass is 717 g/mol. The Morgan fingerprint density at radius 2 is 0.558 bits per heavy atom. The van der Waals surface area contributed by atoms with Crippen LogP contribution in [0.4, 0.5) is 22.7 Å². The van der Waals surface area contributed by atoms with Crippen LogP contribution in [-0.4, -0.2) is 56.4 Å². The van der Waals surface area contributed by atoms with Crippen LogP contribution in [0.3, 0.4) is 0 Å². The van der Waals surface area contributed by atoms with E-state index in [-0.39, 0.29) is 0 Å². The Balaban J connectivity index is -0.000000277. The van der Waals surface area contributed by atoms with Gasteiger partial charge in [-0.3, -0.25) is 0 Å². The predicted octanol–water partition coefficient (Wildman–Crippen LogP) is 13.6. The summed E-state index contributed by atoms with van der Waals surface area (Å²) in [6.07, 6.45) is 0. The van der Waals surface area contributed by atoms with Crippen LogP contribution in [0.2, 0.25) is 0 Å². The Labute approximate surface area is 325 Å². The van der Waals surface area contributed by atoms with Crippen LogP contribution in [-0.2, 0) is 0 Å². The molecule has 296 valence electrons. The summed E-state index contributed by atoms with van der Waals surface area (Å²) < 4.78 is 0. The highest BCUT2D eigenvalue weighted by atomic mass is 15.1. The van der Waals surface area contributed by atoms with Gasteiger partial charge in [-0.2, -0.15) is 0 Å². The summed E-state index contributed by atoms with van der Waals surface area (Å²) in [5, 5.41) is 0. The summed E-state index contributed by atoms with van der Waals surface area (Å²) in [7, 11) is 16.5. The van der Waals surface area contributed by atoms with E-state index in [1.54, 1.807) is 0 Å². The second-order valence-corrected chi connectivity index (χ2v) is 12.6. The molecule has 0 aromatic heterocycles. The third-order valence-corrected chi connectivity index (χ3v) is 8.13. The molecule has 0 aliphatic heterocycles. The van der Waals surface area contributed by atoms with Gasteiger partial charge in [0.1, 0.15) is 0 Å². The van der Waals surface area contributed by atoms with E-state index in [4.69, 9.17) is 0 Å². The van der Waals surface area contributed by atoms with Crippen LogP contribution in [0.25, 0.3) is 0 Å². The maximum atomic E-state index is 2.20. The molecule has 0 N–H and O–H groups in total. The molecule has 4 heteroatoms. The van der Waals surface area contributed by atoms with Gasteiger partial charge in [-0.05, 0) is 136 Å². The quantitative estimate of drug-likeness (QED) is 0.208. The SMILES string of the molecule is CC.CC.CC.CC.Cc1ccc(N(C)C)cc1C.Cc1ccc(N(C)C)cc1C.Cc1cccc(N(C)C)c1C.Cc1cccc(N(C)C)c1C. The van der Waals surface area contributed by atoms with Crippen molar-refractivity contribution in [2.75, 3.05) is 76.0 Å². The molecule has 0 radical (unpaired) electrons. The zero-order valence-corrected chi connectivity index (χ0v) is 38.7. The molecule has 0 spiro atoms. The fraction of sp³-hybridized carbons (Fsp3) is 0.500. The van der Waals surface area contributed by atoms with Gasteiger partial charge in [0.2, 0.25) is 0 Å². The number of benzene rings is 4. The lowest BCUT2D eigenvalue weighted by molar-refractivity contribution is 1.10. The minimum Gasteiger partial charge on any atom is -0.378 e. The fourth-order valence-electron chi connectivity index (χ4n) is 4.45. The lowest BCUT2D eigenvalue weighted by Crippen LogP contribution is -2.10. The lowest BCUT2D eigenvalue weighted by atomic mass is 10.1. The molecule has 52 heavy (non-hydrogen) atoms. The molecule has 0 atom stereocenters. The van der Waals surface area contributed by atoms with E-state index in [2.05, 4.69) is 204 Å². The zero-order chi connectivity index (χ0) is 41.7. The average molecular weight is 717 g/mol. The normalized spacial score (nSPS) is 8.77. The Hall–Kier alpha value is -3.92. The van der Waals surface area contributed by atoms with E-state index < -0.39 is 0 Å². The first-order valence-corrected chi connectivity index (χ1v) is 19.4. The van der Waals surface area contributed by atoms with Crippen molar-refractivity contribution in [2.45, 2.75) is 111 Å². The molecule has 4 aromatic rings. The predicted molar refractivity (Wildman–Crippen MR) is 246 cm³/mol. The van der Waals surface area contributed by atoms with E-state index >= 15 is 0 Å². The maximum Gasteiger partial charge on any atom is 0.0393 e. The van der Waals surface area contributed by atoms with Crippen LogP contribution >= 0.6 is 0 Å². The van der Waals surface area contributed by atoms with Crippen molar-refractivity contribution in [3.63, 3.8) is 0 Å². The summed E-state index contributed by atoms with van der Waals surface area (Å²) >= 11 is 0. The third kappa shape index (κ3) is 21.4. The molecule has 4 aromatic carbocycles. The van der Waals surface area contributed by atoms with E-state index in [9.17, 15) is 0 Å². The van der Waals surface area contributed by atoms with Gasteiger partial charge in [-0.15, -0.1) is 0 Å². The van der Waals surface area contributed by atoms with Crippen molar-refractivity contribution >= 4 is 22.7 Å². The van der Waals surface area contributed by atoms with Gasteiger partial charge in [0.05, 0.1) is 0 Å². The first-order chi connectivity index (χ1) is 24.5. The first-order valence-electron chi connectivity index (χ1n) is 19.4. The second-order valence-electron chi connectivity index (χ2n) is 12.6. The van der Waals surface area contributed by atoms with Gasteiger partial charge in [-0.1, -0.05) is 91.8 Å². The van der Waals surface area contributed by atoms with E-state index in [1.165, 1.54) is 67.3 Å². The number of anilines is 4. The van der Waals surface area contributed by atoms with Crippen LogP contribution < -0.4 is 19.6 Å². The summed E-state index contributed by atoms with van der Waals surface area (Å²) in [5.74, 6) is 0. The first kappa shape index (κ1) is 54.8. The number of hydrogen-bond acceptors (Lipinski definition) is 4. The minimum absolute atomic E-state index is 1.27. The molecule has 4 rings (SSSR count). The molecule has 0 saturated carbocycles. The molecular weight excluding hydrogens is 633 g/mol. The Bertz CT molecular complexity index is 1340. The highest BCUT2D eigenvalue weighted by Gasteiger charge is 2.02. The van der Waals surface area contributed by atoms with Crippen molar-refractivity contribution < 1.29 is 0 Å². The highest BCUT2D eigenvalue weighted by molar-refractivity contribution is 5.55. The number of aryl methyl sites for hydroxylation is 6. The van der Waals surface area contributed by atoms with E-state index in [0.717, 1.165) is 0 Å². The van der Waals surface area contributed by atoms with Gasteiger partial charge in [0.25, 0.3) is 0 Å². The van der Waals surface area contributed by atoms with Gasteiger partial charge < -0.3 is 19.6 Å². The van der Waals surface area contributed by atoms with Crippen LogP contribution in [0.5, 0.6) is 0 Å². The van der Waals surface area contributed by atoms with Crippen molar-refractivity contribution in [2.24, 2.45) is 0 Å². The third-order valence-electron chi connectivity index (χ3n) is 8.13. The second kappa shape index (κ2) is 31.8. The van der Waals surface area contributed by atoms with Crippen LogP contribution in [0.1, 0.15) is 99.9 Å². The number of rotatable bonds is 4. The molecule has 0 fully saturated rings. The fourth-order valence-corrected chi connectivity index (χ4v) is 4.45. The van der Waals surface area contributed by atoms with Gasteiger partial charge in [0.15, 0.2) is 0 Å². The van der Waals surface area contributed by atoms with Crippen molar-refractivity contribution in [3.8, 4) is 0 Å². The molecule has 0 bridgehead atoms. The average Bonchev–Trinajstić information content (AvgIpc) is 3.13. The molecule has 0 aliphatic carbocycles. The van der Waals surface area contributed by atoms with E-state index in [1.807, 2.05) is 55.4 Å². The molecule has 0 saturated heterocycles. The number of hydrogen-bond donors (Lipinski definition) is 0. The summed E-state index contributed by atoms with van der Waals surface area (Å²) in [6, 6.07) is 25.8. The van der Waals surface area contributed by atoms with Gasteiger partial charge in [-0.25, -0.2) is 0 Å². The summed E-state index contributed by atoms with van der Waals surface area (Å²) in [5.41, 5.74) is 16.1. The molecule has 0 aliphatic rings. The topological polar surface area (TPSA) is 13.0 Å². The van der Waals surface area contributed by atoms with Crippen molar-refractivity contribution in [1.29, 1.82) is 0 Å². The van der Waals surface area contributed by atoms with Gasteiger partial charge >= 0.3 is 0 Å². The summed E-state index contributed by atoms with van der Waals surface area (Å²) in [4.78, 5) is 8.52. The van der Waals surface area contributed by atoms with E-state index in [0.29, 0.717) is 0 Å². The van der Waals surface area contributed by atoms with Crippen LogP contribution in [0.15, 0.2) is 72.8 Å². The lowest BCUT2D eigenvalue weighted by Gasteiger charge is -2.16. The standard InChI is InChI=1S/4C10H15N.4C2H6/c2*1-8-5-6-10(11(3)4)7-9(8)2;2*1-8-6-5-7-10(9(8)2)11(3)4;4*1-2/h4*5-7H,1-4H3;4*1-2H3. The van der Waals surface area contributed by atoms with Crippen LogP contribution in [0, 0.1) is 55.4 Å². The highest BCUT2D eigenvalue weighted by Crippen LogP contribution is 2.21. The largest absolute Gasteiger partial charge is 0.378 e. The maximum absolute atomic E-state index is 2.20. The zero-order valence-electron chi connectivity index (χ0n) is 38.7. The Kier molecular flexibility index (Phi) is 33.5. The Morgan fingerprint density at radius 3 is 0.750 bits per heavy atom. The smallest absolute Gasteiger partial charge is 0.0393 e. The molecule has 0 unspecified atom stereocenters. The minimum atomic E-state index is 1.27. The molecule has 0 amide bonds.